The van der Waals surface area contributed by atoms with E-state index >= 15 is 0 Å². The Bertz CT molecular complexity index is 387. The van der Waals surface area contributed by atoms with E-state index in [0.29, 0.717) is 16.4 Å². The minimum atomic E-state index is -0.478. The van der Waals surface area contributed by atoms with Crippen molar-refractivity contribution in [2.24, 2.45) is 5.92 Å². The van der Waals surface area contributed by atoms with Crippen LogP contribution in [-0.4, -0.2) is 27.6 Å². The summed E-state index contributed by atoms with van der Waals surface area (Å²) in [7, 11) is 0. The van der Waals surface area contributed by atoms with E-state index in [1.165, 1.54) is 17.8 Å². The average Bonchev–Trinajstić information content (AvgIpc) is 2.35. The van der Waals surface area contributed by atoms with E-state index in [1.807, 2.05) is 6.92 Å². The standard InChI is InChI=1S/C11H15NO3S2/c1-8(10(13)6-16)7-17-11-5-3-2-4-9(11)12(14)15/h2-5,8,10,13,16H,6-7H2,1H3. The number of rotatable bonds is 6. The molecule has 0 fully saturated rings. The molecule has 0 aromatic heterocycles. The summed E-state index contributed by atoms with van der Waals surface area (Å²) in [4.78, 5) is 11.0. The van der Waals surface area contributed by atoms with Gasteiger partial charge in [0.15, 0.2) is 0 Å². The molecule has 0 bridgehead atoms. The first-order valence-corrected chi connectivity index (χ1v) is 6.83. The normalized spacial score (nSPS) is 14.3. The van der Waals surface area contributed by atoms with Gasteiger partial charge in [-0.2, -0.15) is 12.6 Å². The number of hydrogen-bond acceptors (Lipinski definition) is 5. The third kappa shape index (κ3) is 4.22. The number of nitro groups is 1. The predicted octanol–water partition coefficient (Wildman–Crippen LogP) is 2.61. The van der Waals surface area contributed by atoms with Gasteiger partial charge in [-0.15, -0.1) is 11.8 Å². The fourth-order valence-corrected chi connectivity index (χ4v) is 2.73. The van der Waals surface area contributed by atoms with E-state index in [9.17, 15) is 15.2 Å². The first kappa shape index (κ1) is 14.3. The van der Waals surface area contributed by atoms with E-state index in [0.717, 1.165) is 0 Å². The highest BCUT2D eigenvalue weighted by Gasteiger charge is 2.17. The summed E-state index contributed by atoms with van der Waals surface area (Å²) in [6.45, 7) is 1.91. The third-order valence-corrected chi connectivity index (χ3v) is 4.13. The Labute approximate surface area is 110 Å². The lowest BCUT2D eigenvalue weighted by atomic mass is 10.1. The number of hydrogen-bond donors (Lipinski definition) is 2. The fraction of sp³-hybridized carbons (Fsp3) is 0.455. The predicted molar refractivity (Wildman–Crippen MR) is 72.8 cm³/mol. The van der Waals surface area contributed by atoms with E-state index in [4.69, 9.17) is 0 Å². The molecule has 0 saturated heterocycles. The molecule has 6 heteroatoms. The quantitative estimate of drug-likeness (QED) is 0.362. The SMILES string of the molecule is CC(CSc1ccccc1[N+](=O)[O-])C(O)CS. The molecule has 1 aromatic rings. The summed E-state index contributed by atoms with van der Waals surface area (Å²) in [5, 5.41) is 20.3. The van der Waals surface area contributed by atoms with Crippen molar-refractivity contribution in [3.8, 4) is 0 Å². The molecule has 0 radical (unpaired) electrons. The van der Waals surface area contributed by atoms with Gasteiger partial charge in [-0.1, -0.05) is 19.1 Å². The summed E-state index contributed by atoms with van der Waals surface area (Å²) in [5.74, 6) is 1.09. The van der Waals surface area contributed by atoms with Crippen molar-refractivity contribution in [1.82, 2.24) is 0 Å². The van der Waals surface area contributed by atoms with Crippen molar-refractivity contribution in [3.63, 3.8) is 0 Å². The monoisotopic (exact) mass is 273 g/mol. The number of para-hydroxylation sites is 1. The number of aliphatic hydroxyl groups is 1. The minimum absolute atomic E-state index is 0.0531. The lowest BCUT2D eigenvalue weighted by molar-refractivity contribution is -0.387. The molecule has 0 aliphatic rings. The lowest BCUT2D eigenvalue weighted by Crippen LogP contribution is -2.21. The highest BCUT2D eigenvalue weighted by molar-refractivity contribution is 7.99. The van der Waals surface area contributed by atoms with Crippen LogP contribution in [0.15, 0.2) is 29.2 Å². The second-order valence-corrected chi connectivity index (χ2v) is 5.19. The largest absolute Gasteiger partial charge is 0.392 e. The Kier molecular flexibility index (Phi) is 5.80. The summed E-state index contributed by atoms with van der Waals surface area (Å²) in [5.41, 5.74) is 0.116. The van der Waals surface area contributed by atoms with Gasteiger partial charge in [-0.3, -0.25) is 10.1 Å². The third-order valence-electron chi connectivity index (χ3n) is 2.41. The minimum Gasteiger partial charge on any atom is -0.392 e. The van der Waals surface area contributed by atoms with Gasteiger partial charge in [0.25, 0.3) is 5.69 Å². The van der Waals surface area contributed by atoms with Gasteiger partial charge in [0.1, 0.15) is 0 Å². The van der Waals surface area contributed by atoms with Crippen molar-refractivity contribution in [1.29, 1.82) is 0 Å². The maximum atomic E-state index is 10.8. The average molecular weight is 273 g/mol. The van der Waals surface area contributed by atoms with Crippen LogP contribution < -0.4 is 0 Å². The van der Waals surface area contributed by atoms with E-state index in [2.05, 4.69) is 12.6 Å². The Hall–Kier alpha value is -0.720. The summed E-state index contributed by atoms with van der Waals surface area (Å²) in [6.07, 6.45) is -0.478. The zero-order valence-corrected chi connectivity index (χ0v) is 11.2. The van der Waals surface area contributed by atoms with Crippen LogP contribution in [0.3, 0.4) is 0 Å². The van der Waals surface area contributed by atoms with Crippen LogP contribution in [0.2, 0.25) is 0 Å². The molecule has 0 aliphatic heterocycles. The van der Waals surface area contributed by atoms with Crippen LogP contribution in [0.4, 0.5) is 5.69 Å². The van der Waals surface area contributed by atoms with Gasteiger partial charge in [0.05, 0.1) is 15.9 Å². The van der Waals surface area contributed by atoms with Crippen LogP contribution in [0, 0.1) is 16.0 Å². The van der Waals surface area contributed by atoms with Gasteiger partial charge in [-0.05, 0) is 12.0 Å². The second-order valence-electron chi connectivity index (χ2n) is 3.76. The van der Waals surface area contributed by atoms with Crippen LogP contribution in [0.5, 0.6) is 0 Å². The summed E-state index contributed by atoms with van der Waals surface area (Å²) in [6, 6.07) is 6.63. The van der Waals surface area contributed by atoms with Gasteiger partial charge in [-0.25, -0.2) is 0 Å². The Morgan fingerprint density at radius 2 is 2.18 bits per heavy atom. The van der Waals surface area contributed by atoms with Crippen molar-refractivity contribution in [2.45, 2.75) is 17.9 Å². The van der Waals surface area contributed by atoms with Crippen molar-refractivity contribution >= 4 is 30.1 Å². The molecule has 0 aliphatic carbocycles. The number of nitro benzene ring substituents is 1. The van der Waals surface area contributed by atoms with Gasteiger partial charge < -0.3 is 5.11 Å². The van der Waals surface area contributed by atoms with Gasteiger partial charge in [0.2, 0.25) is 0 Å². The number of benzene rings is 1. The summed E-state index contributed by atoms with van der Waals surface area (Å²) >= 11 is 5.41. The van der Waals surface area contributed by atoms with Crippen LogP contribution in [0.1, 0.15) is 6.92 Å². The molecule has 17 heavy (non-hydrogen) atoms. The smallest absolute Gasteiger partial charge is 0.282 e. The Morgan fingerprint density at radius 3 is 2.76 bits per heavy atom. The van der Waals surface area contributed by atoms with Crippen LogP contribution >= 0.6 is 24.4 Å². The highest BCUT2D eigenvalue weighted by atomic mass is 32.2. The molecule has 2 unspecified atom stereocenters. The topological polar surface area (TPSA) is 63.4 Å². The van der Waals surface area contributed by atoms with E-state index < -0.39 is 6.10 Å². The maximum Gasteiger partial charge on any atom is 0.282 e. The first-order valence-electron chi connectivity index (χ1n) is 5.21. The molecule has 2 atom stereocenters. The Morgan fingerprint density at radius 1 is 1.53 bits per heavy atom. The zero-order valence-electron chi connectivity index (χ0n) is 9.44. The molecule has 0 saturated carbocycles. The van der Waals surface area contributed by atoms with Crippen molar-refractivity contribution in [2.75, 3.05) is 11.5 Å². The molecule has 1 aromatic carbocycles. The van der Waals surface area contributed by atoms with Gasteiger partial charge >= 0.3 is 0 Å². The number of thioether (sulfide) groups is 1. The molecule has 4 nitrogen and oxygen atoms in total. The highest BCUT2D eigenvalue weighted by Crippen LogP contribution is 2.30. The Balaban J connectivity index is 2.66. The van der Waals surface area contributed by atoms with E-state index in [1.54, 1.807) is 18.2 Å². The fourth-order valence-electron chi connectivity index (χ4n) is 1.24. The first-order chi connectivity index (χ1) is 8.06. The number of nitrogens with zero attached hydrogens (tertiary/aromatic N) is 1. The molecule has 0 amide bonds. The van der Waals surface area contributed by atoms with Crippen LogP contribution in [-0.2, 0) is 0 Å². The second kappa shape index (κ2) is 6.88. The molecular formula is C11H15NO3S2. The molecule has 0 heterocycles. The molecule has 1 N–H and O–H groups in total. The van der Waals surface area contributed by atoms with E-state index in [-0.39, 0.29) is 16.5 Å². The van der Waals surface area contributed by atoms with Gasteiger partial charge in [0, 0.05) is 17.6 Å². The van der Waals surface area contributed by atoms with Crippen molar-refractivity contribution in [3.05, 3.63) is 34.4 Å². The number of aliphatic hydroxyl groups excluding tert-OH is 1. The molecule has 1 rings (SSSR count). The van der Waals surface area contributed by atoms with Crippen LogP contribution in [0.25, 0.3) is 0 Å². The zero-order chi connectivity index (χ0) is 12.8. The molecular weight excluding hydrogens is 258 g/mol. The number of thiol groups is 1. The maximum absolute atomic E-state index is 10.8. The lowest BCUT2D eigenvalue weighted by Gasteiger charge is -2.15. The summed E-state index contributed by atoms with van der Waals surface area (Å²) < 4.78 is 0. The molecule has 94 valence electrons. The molecule has 0 spiro atoms. The van der Waals surface area contributed by atoms with Crippen molar-refractivity contribution < 1.29 is 10.0 Å².